The minimum Gasteiger partial charge on any atom is -0.457 e. The smallest absolute Gasteiger partial charge is 0.306 e. The Hall–Kier alpha value is -2.11. The lowest BCUT2D eigenvalue weighted by Crippen LogP contribution is -2.59. The fourth-order valence-corrected chi connectivity index (χ4v) is 6.06. The van der Waals surface area contributed by atoms with E-state index < -0.39 is 43.4 Å². The maximum atomic E-state index is 12.8. The van der Waals surface area contributed by atoms with Gasteiger partial charge in [0.2, 0.25) is 0 Å². The van der Waals surface area contributed by atoms with E-state index in [2.05, 4.69) is 74.6 Å². The molecule has 0 aromatic rings. The predicted octanol–water partition coefficient (Wildman–Crippen LogP) is 9.13. The van der Waals surface area contributed by atoms with Gasteiger partial charge in [-0.3, -0.25) is 4.79 Å². The number of aliphatic hydroxyl groups excluding tert-OH is 4. The zero-order valence-corrected chi connectivity index (χ0v) is 34.0. The lowest BCUT2D eigenvalue weighted by atomic mass is 9.99. The van der Waals surface area contributed by atoms with Crippen LogP contribution in [0.2, 0.25) is 0 Å². The van der Waals surface area contributed by atoms with E-state index in [0.29, 0.717) is 13.0 Å². The third-order valence-electron chi connectivity index (χ3n) is 9.42. The highest BCUT2D eigenvalue weighted by molar-refractivity contribution is 5.69. The van der Waals surface area contributed by atoms with Crippen LogP contribution in [0.25, 0.3) is 0 Å². The normalized spacial score (nSPS) is 21.5. The van der Waals surface area contributed by atoms with Gasteiger partial charge in [0.05, 0.1) is 19.8 Å². The topological polar surface area (TPSA) is 135 Å². The van der Waals surface area contributed by atoms with Crippen LogP contribution in [0.3, 0.4) is 0 Å². The van der Waals surface area contributed by atoms with Gasteiger partial charge in [0.25, 0.3) is 0 Å². The number of aliphatic hydroxyl groups is 4. The first-order valence-electron chi connectivity index (χ1n) is 21.4. The molecule has 0 aromatic carbocycles. The maximum absolute atomic E-state index is 12.8. The molecule has 0 saturated carbocycles. The van der Waals surface area contributed by atoms with Crippen LogP contribution in [0.4, 0.5) is 0 Å². The second-order valence-electron chi connectivity index (χ2n) is 14.4. The lowest BCUT2D eigenvalue weighted by Gasteiger charge is -2.39. The van der Waals surface area contributed by atoms with E-state index in [1.165, 1.54) is 44.9 Å². The van der Waals surface area contributed by atoms with Crippen molar-refractivity contribution < 1.29 is 44.2 Å². The molecule has 1 aliphatic rings. The third kappa shape index (κ3) is 27.5. The average Bonchev–Trinajstić information content (AvgIpc) is 3.17. The lowest BCUT2D eigenvalue weighted by molar-refractivity contribution is -0.305. The Balaban J connectivity index is 2.31. The van der Waals surface area contributed by atoms with Gasteiger partial charge in [0.1, 0.15) is 30.5 Å². The van der Waals surface area contributed by atoms with Crippen LogP contribution in [0.15, 0.2) is 60.8 Å². The Labute approximate surface area is 328 Å². The number of hydrogen-bond acceptors (Lipinski definition) is 9. The van der Waals surface area contributed by atoms with E-state index in [-0.39, 0.29) is 19.2 Å². The van der Waals surface area contributed by atoms with Gasteiger partial charge in [-0.15, -0.1) is 0 Å². The summed E-state index contributed by atoms with van der Waals surface area (Å²) in [6.07, 6.45) is 38.1. The minimum atomic E-state index is -1.54. The monoisotopic (exact) mass is 763 g/mol. The molecule has 1 heterocycles. The second-order valence-corrected chi connectivity index (χ2v) is 14.4. The Morgan fingerprint density at radius 2 is 1.13 bits per heavy atom. The number of unbranched alkanes of at least 4 members (excludes halogenated alkanes) is 14. The molecule has 1 saturated heterocycles. The van der Waals surface area contributed by atoms with Crippen molar-refractivity contribution in [2.75, 3.05) is 26.4 Å². The summed E-state index contributed by atoms with van der Waals surface area (Å²) in [4.78, 5) is 12.8. The predicted molar refractivity (Wildman–Crippen MR) is 219 cm³/mol. The summed E-state index contributed by atoms with van der Waals surface area (Å²) in [6, 6.07) is 0. The van der Waals surface area contributed by atoms with Gasteiger partial charge in [-0.2, -0.15) is 0 Å². The molecule has 0 radical (unpaired) electrons. The van der Waals surface area contributed by atoms with Crippen LogP contribution < -0.4 is 0 Å². The number of carbonyl (C=O) groups is 1. The fraction of sp³-hybridized carbons (Fsp3) is 0.756. The fourth-order valence-electron chi connectivity index (χ4n) is 6.06. The van der Waals surface area contributed by atoms with Crippen molar-refractivity contribution in [2.24, 2.45) is 0 Å². The van der Waals surface area contributed by atoms with Gasteiger partial charge in [-0.25, -0.2) is 0 Å². The molecule has 312 valence electrons. The molecule has 1 aliphatic heterocycles. The number of carbonyl (C=O) groups excluding carboxylic acids is 1. The van der Waals surface area contributed by atoms with Gasteiger partial charge in [0, 0.05) is 13.0 Å². The van der Waals surface area contributed by atoms with Crippen molar-refractivity contribution >= 4 is 5.97 Å². The summed E-state index contributed by atoms with van der Waals surface area (Å²) >= 11 is 0. The first kappa shape index (κ1) is 49.9. The standard InChI is InChI=1S/C45H78O9/c1-3-5-7-9-11-13-15-17-19-20-21-22-24-26-28-30-32-34-41(47)53-39(38-52-45-44(50)43(49)42(48)40(36-46)54-45)37-51-35-33-31-29-27-25-23-18-16-14-12-10-8-6-4-2/h6,8,11-14,17-19,23,39-40,42-46,48-50H,3-5,7,9-10,15-16,20-22,24-38H2,1-2H3/b8-6-,13-11-,14-12-,19-17-,23-18-. The zero-order valence-electron chi connectivity index (χ0n) is 34.0. The second kappa shape index (κ2) is 36.5. The number of allylic oxidation sites excluding steroid dienone is 10. The molecule has 1 rings (SSSR count). The molecular formula is C45H78O9. The van der Waals surface area contributed by atoms with Crippen LogP contribution in [-0.2, 0) is 23.7 Å². The first-order chi connectivity index (χ1) is 26.4. The van der Waals surface area contributed by atoms with Crippen molar-refractivity contribution in [2.45, 2.75) is 192 Å². The van der Waals surface area contributed by atoms with Crippen molar-refractivity contribution in [1.29, 1.82) is 0 Å². The van der Waals surface area contributed by atoms with E-state index >= 15 is 0 Å². The molecule has 0 aromatic heterocycles. The van der Waals surface area contributed by atoms with Crippen LogP contribution in [0.5, 0.6) is 0 Å². The zero-order chi connectivity index (χ0) is 39.3. The van der Waals surface area contributed by atoms with E-state index in [9.17, 15) is 25.2 Å². The summed E-state index contributed by atoms with van der Waals surface area (Å²) in [5, 5.41) is 40.0. The third-order valence-corrected chi connectivity index (χ3v) is 9.42. The number of rotatable bonds is 35. The molecule has 0 spiro atoms. The van der Waals surface area contributed by atoms with Gasteiger partial charge in [0.15, 0.2) is 6.29 Å². The highest BCUT2D eigenvalue weighted by Gasteiger charge is 2.44. The molecule has 9 heteroatoms. The summed E-state index contributed by atoms with van der Waals surface area (Å²) in [6.45, 7) is 4.34. The molecule has 9 nitrogen and oxygen atoms in total. The highest BCUT2D eigenvalue weighted by atomic mass is 16.7. The SMILES string of the molecule is CC/C=C\C/C=C\C/C=C\CCCCCCOCC(COC1OC(CO)C(O)C(O)C1O)OC(=O)CCCCCCCCC/C=C\C/C=C\CCCCC. The number of esters is 1. The molecule has 0 aliphatic carbocycles. The van der Waals surface area contributed by atoms with Crippen LogP contribution in [0.1, 0.15) is 155 Å². The van der Waals surface area contributed by atoms with Crippen molar-refractivity contribution in [1.82, 2.24) is 0 Å². The molecular weight excluding hydrogens is 684 g/mol. The number of hydrogen-bond donors (Lipinski definition) is 4. The molecule has 4 N–H and O–H groups in total. The Kier molecular flexibility index (Phi) is 33.8. The van der Waals surface area contributed by atoms with Crippen molar-refractivity contribution in [3.8, 4) is 0 Å². The Morgan fingerprint density at radius 1 is 0.611 bits per heavy atom. The molecule has 1 fully saturated rings. The van der Waals surface area contributed by atoms with E-state index in [4.69, 9.17) is 18.9 Å². The molecule has 54 heavy (non-hydrogen) atoms. The van der Waals surface area contributed by atoms with Crippen LogP contribution >= 0.6 is 0 Å². The molecule has 0 bridgehead atoms. The molecule has 6 atom stereocenters. The Morgan fingerprint density at radius 3 is 1.70 bits per heavy atom. The quantitative estimate of drug-likeness (QED) is 0.0283. The van der Waals surface area contributed by atoms with E-state index in [1.54, 1.807) is 0 Å². The molecule has 6 unspecified atom stereocenters. The van der Waals surface area contributed by atoms with Gasteiger partial charge < -0.3 is 39.4 Å². The van der Waals surface area contributed by atoms with Crippen LogP contribution in [0, 0.1) is 0 Å². The minimum absolute atomic E-state index is 0.124. The summed E-state index contributed by atoms with van der Waals surface area (Å²) in [5.74, 6) is -0.333. The largest absolute Gasteiger partial charge is 0.457 e. The summed E-state index contributed by atoms with van der Waals surface area (Å²) in [5.41, 5.74) is 0. The van der Waals surface area contributed by atoms with E-state index in [0.717, 1.165) is 89.9 Å². The maximum Gasteiger partial charge on any atom is 0.306 e. The highest BCUT2D eigenvalue weighted by Crippen LogP contribution is 2.22. The summed E-state index contributed by atoms with van der Waals surface area (Å²) in [7, 11) is 0. The Bertz CT molecular complexity index is 1010. The van der Waals surface area contributed by atoms with Gasteiger partial charge in [-0.05, 0) is 77.0 Å². The van der Waals surface area contributed by atoms with Gasteiger partial charge in [-0.1, -0.05) is 132 Å². The average molecular weight is 763 g/mol. The number of ether oxygens (including phenoxy) is 4. The summed E-state index contributed by atoms with van der Waals surface area (Å²) < 4.78 is 22.7. The van der Waals surface area contributed by atoms with Crippen molar-refractivity contribution in [3.63, 3.8) is 0 Å². The molecule has 0 amide bonds. The van der Waals surface area contributed by atoms with Gasteiger partial charge >= 0.3 is 5.97 Å². The van der Waals surface area contributed by atoms with Crippen LogP contribution in [-0.4, -0.2) is 89.6 Å². The first-order valence-corrected chi connectivity index (χ1v) is 21.4. The van der Waals surface area contributed by atoms with E-state index in [1.807, 2.05) is 0 Å². The van der Waals surface area contributed by atoms with Crippen molar-refractivity contribution in [3.05, 3.63) is 60.8 Å².